The highest BCUT2D eigenvalue weighted by atomic mass is 32.2. The molecule has 41 heavy (non-hydrogen) atoms. The van der Waals surface area contributed by atoms with Crippen LogP contribution in [0.3, 0.4) is 0 Å². The maximum atomic E-state index is 13.5. The van der Waals surface area contributed by atoms with Crippen molar-refractivity contribution < 1.29 is 24.2 Å². The number of amides is 3. The van der Waals surface area contributed by atoms with Gasteiger partial charge in [0.15, 0.2) is 5.13 Å². The third-order valence-electron chi connectivity index (χ3n) is 5.74. The van der Waals surface area contributed by atoms with E-state index in [2.05, 4.69) is 20.9 Å². The molecular weight excluding hydrogens is 560 g/mol. The molecule has 0 aliphatic heterocycles. The highest BCUT2D eigenvalue weighted by Gasteiger charge is 2.20. The second-order valence-electron chi connectivity index (χ2n) is 8.63. The Labute approximate surface area is 245 Å². The van der Waals surface area contributed by atoms with Crippen LogP contribution in [0.25, 0.3) is 6.08 Å². The minimum atomic E-state index is -0.569. The summed E-state index contributed by atoms with van der Waals surface area (Å²) in [5, 5.41) is 20.1. The van der Waals surface area contributed by atoms with Gasteiger partial charge < -0.3 is 25.8 Å². The number of aromatic hydroxyl groups is 1. The highest BCUT2D eigenvalue weighted by Crippen LogP contribution is 2.29. The largest absolute Gasteiger partial charge is 0.508 e. The first-order chi connectivity index (χ1) is 19.9. The van der Waals surface area contributed by atoms with Gasteiger partial charge in [-0.25, -0.2) is 4.98 Å². The molecule has 1 atom stereocenters. The number of ether oxygens (including phenoxy) is 1. The summed E-state index contributed by atoms with van der Waals surface area (Å²) in [5.41, 5.74) is 1.30. The van der Waals surface area contributed by atoms with Gasteiger partial charge in [-0.05, 0) is 55.0 Å². The lowest BCUT2D eigenvalue weighted by molar-refractivity contribution is -0.116. The van der Waals surface area contributed by atoms with Crippen LogP contribution in [-0.2, 0) is 9.59 Å². The second-order valence-corrected chi connectivity index (χ2v) is 10.8. The highest BCUT2D eigenvalue weighted by molar-refractivity contribution is 8.00. The summed E-state index contributed by atoms with van der Waals surface area (Å²) < 4.78 is 5.34. The SMILES string of the molecule is CCC(Sc1cccc(NC(=O)/C(=C\c2ccc(O)cc2OC)NC(=O)c2ccccc2)c1)C(=O)Nc1nccs1. The first-order valence-corrected chi connectivity index (χ1v) is 14.4. The molecule has 210 valence electrons. The lowest BCUT2D eigenvalue weighted by Gasteiger charge is -2.15. The van der Waals surface area contributed by atoms with Crippen LogP contribution in [-0.4, -0.2) is 40.2 Å². The van der Waals surface area contributed by atoms with Crippen molar-refractivity contribution in [2.45, 2.75) is 23.5 Å². The fraction of sp³-hybridized carbons (Fsp3) is 0.133. The van der Waals surface area contributed by atoms with Gasteiger partial charge in [-0.3, -0.25) is 14.4 Å². The number of hydrogen-bond acceptors (Lipinski definition) is 8. The van der Waals surface area contributed by atoms with E-state index in [1.165, 1.54) is 48.4 Å². The van der Waals surface area contributed by atoms with E-state index in [0.29, 0.717) is 34.1 Å². The van der Waals surface area contributed by atoms with Gasteiger partial charge in [0, 0.05) is 39.4 Å². The summed E-state index contributed by atoms with van der Waals surface area (Å²) in [6.45, 7) is 1.93. The molecule has 0 aliphatic rings. The molecule has 9 nitrogen and oxygen atoms in total. The predicted molar refractivity (Wildman–Crippen MR) is 162 cm³/mol. The number of benzene rings is 3. The van der Waals surface area contributed by atoms with Crippen molar-refractivity contribution >= 4 is 57.7 Å². The number of methoxy groups -OCH3 is 1. The molecule has 4 aromatic rings. The van der Waals surface area contributed by atoms with Gasteiger partial charge in [-0.1, -0.05) is 31.2 Å². The molecule has 0 fully saturated rings. The van der Waals surface area contributed by atoms with Crippen molar-refractivity contribution in [1.82, 2.24) is 10.3 Å². The average molecular weight is 589 g/mol. The molecule has 0 bridgehead atoms. The Hall–Kier alpha value is -4.61. The zero-order valence-corrected chi connectivity index (χ0v) is 23.9. The van der Waals surface area contributed by atoms with Gasteiger partial charge in [0.05, 0.1) is 12.4 Å². The van der Waals surface area contributed by atoms with Gasteiger partial charge in [-0.15, -0.1) is 23.1 Å². The molecule has 4 N–H and O–H groups in total. The fourth-order valence-corrected chi connectivity index (χ4v) is 5.27. The predicted octanol–water partition coefficient (Wildman–Crippen LogP) is 5.78. The smallest absolute Gasteiger partial charge is 0.272 e. The summed E-state index contributed by atoms with van der Waals surface area (Å²) in [6.07, 6.45) is 3.69. The van der Waals surface area contributed by atoms with Crippen LogP contribution in [0.4, 0.5) is 10.8 Å². The lowest BCUT2D eigenvalue weighted by atomic mass is 10.1. The zero-order valence-electron chi connectivity index (χ0n) is 22.3. The van der Waals surface area contributed by atoms with Gasteiger partial charge in [-0.2, -0.15) is 0 Å². The van der Waals surface area contributed by atoms with E-state index in [1.54, 1.807) is 66.2 Å². The van der Waals surface area contributed by atoms with E-state index >= 15 is 0 Å². The van der Waals surface area contributed by atoms with E-state index < -0.39 is 11.8 Å². The molecule has 0 saturated carbocycles. The second kappa shape index (κ2) is 14.1. The summed E-state index contributed by atoms with van der Waals surface area (Å²) >= 11 is 2.72. The van der Waals surface area contributed by atoms with Gasteiger partial charge >= 0.3 is 0 Å². The van der Waals surface area contributed by atoms with Crippen LogP contribution in [0.2, 0.25) is 0 Å². The van der Waals surface area contributed by atoms with Crippen molar-refractivity contribution in [3.63, 3.8) is 0 Å². The van der Waals surface area contributed by atoms with Crippen LogP contribution >= 0.6 is 23.1 Å². The molecule has 1 unspecified atom stereocenters. The van der Waals surface area contributed by atoms with Crippen molar-refractivity contribution in [3.8, 4) is 11.5 Å². The normalized spacial score (nSPS) is 11.8. The van der Waals surface area contributed by atoms with E-state index in [4.69, 9.17) is 4.74 Å². The molecule has 4 rings (SSSR count). The Morgan fingerprint density at radius 2 is 1.85 bits per heavy atom. The van der Waals surface area contributed by atoms with Gasteiger partial charge in [0.25, 0.3) is 11.8 Å². The Kier molecular flexibility index (Phi) is 10.1. The number of thioether (sulfide) groups is 1. The Balaban J connectivity index is 1.55. The molecule has 3 amide bonds. The van der Waals surface area contributed by atoms with E-state index in [1.807, 2.05) is 13.0 Å². The van der Waals surface area contributed by atoms with Crippen molar-refractivity contribution in [3.05, 3.63) is 101 Å². The van der Waals surface area contributed by atoms with Gasteiger partial charge in [0.1, 0.15) is 17.2 Å². The lowest BCUT2D eigenvalue weighted by Crippen LogP contribution is -2.30. The number of thiazole rings is 1. The third kappa shape index (κ3) is 8.19. The fourth-order valence-electron chi connectivity index (χ4n) is 3.72. The standard InChI is InChI=1S/C30H28N4O5S2/c1-3-26(29(38)34-30-31-14-15-40-30)41-23-11-7-10-21(17-23)32-28(37)24(33-27(36)19-8-5-4-6-9-19)16-20-12-13-22(35)18-25(20)39-2/h4-18,26,35H,3H2,1-2H3,(H,32,37)(H,33,36)(H,31,34,38)/b24-16+. The molecule has 1 aromatic heterocycles. The Morgan fingerprint density at radius 1 is 1.05 bits per heavy atom. The van der Waals surface area contributed by atoms with E-state index in [-0.39, 0.29) is 22.6 Å². The summed E-state index contributed by atoms with van der Waals surface area (Å²) in [5.74, 6) is -0.868. The first kappa shape index (κ1) is 29.4. The van der Waals surface area contributed by atoms with Crippen LogP contribution in [0, 0.1) is 0 Å². The van der Waals surface area contributed by atoms with Crippen molar-refractivity contribution in [2.75, 3.05) is 17.7 Å². The first-order valence-electron chi connectivity index (χ1n) is 12.6. The zero-order chi connectivity index (χ0) is 29.2. The van der Waals surface area contributed by atoms with Crippen LogP contribution in [0.15, 0.2) is 95.0 Å². The number of carbonyl (C=O) groups excluding carboxylic acids is 3. The number of anilines is 2. The molecule has 0 radical (unpaired) electrons. The molecule has 0 spiro atoms. The summed E-state index contributed by atoms with van der Waals surface area (Å²) in [7, 11) is 1.44. The Bertz CT molecular complexity index is 1540. The monoisotopic (exact) mass is 588 g/mol. The number of hydrogen-bond donors (Lipinski definition) is 4. The van der Waals surface area contributed by atoms with Crippen molar-refractivity contribution in [1.29, 1.82) is 0 Å². The number of carbonyl (C=O) groups is 3. The third-order valence-corrected chi connectivity index (χ3v) is 7.79. The minimum Gasteiger partial charge on any atom is -0.508 e. The molecule has 3 aromatic carbocycles. The number of phenols is 1. The average Bonchev–Trinajstić information content (AvgIpc) is 3.49. The number of nitrogens with zero attached hydrogens (tertiary/aromatic N) is 1. The summed E-state index contributed by atoms with van der Waals surface area (Å²) in [4.78, 5) is 44.1. The number of rotatable bonds is 11. The molecule has 0 saturated heterocycles. The number of nitrogens with one attached hydrogen (secondary N) is 3. The molecular formula is C30H28N4O5S2. The van der Waals surface area contributed by atoms with Crippen LogP contribution in [0.1, 0.15) is 29.3 Å². The van der Waals surface area contributed by atoms with Crippen LogP contribution < -0.4 is 20.7 Å². The Morgan fingerprint density at radius 3 is 2.56 bits per heavy atom. The van der Waals surface area contributed by atoms with Gasteiger partial charge in [0.2, 0.25) is 5.91 Å². The maximum Gasteiger partial charge on any atom is 0.272 e. The topological polar surface area (TPSA) is 130 Å². The quantitative estimate of drug-likeness (QED) is 0.129. The number of aromatic nitrogens is 1. The maximum absolute atomic E-state index is 13.5. The number of phenolic OH excluding ortho intramolecular Hbond substituents is 1. The van der Waals surface area contributed by atoms with E-state index in [9.17, 15) is 19.5 Å². The molecule has 1 heterocycles. The van der Waals surface area contributed by atoms with Crippen molar-refractivity contribution in [2.24, 2.45) is 0 Å². The minimum absolute atomic E-state index is 0.00152. The molecule has 0 aliphatic carbocycles. The summed E-state index contributed by atoms with van der Waals surface area (Å²) in [6, 6.07) is 20.1. The van der Waals surface area contributed by atoms with E-state index in [0.717, 1.165) is 4.90 Å². The van der Waals surface area contributed by atoms with Crippen LogP contribution in [0.5, 0.6) is 11.5 Å². The molecule has 11 heteroatoms.